The molecule has 0 unspecified atom stereocenters. The Kier molecular flexibility index (Phi) is 8.47. The van der Waals surface area contributed by atoms with Crippen LogP contribution in [0, 0.1) is 20.8 Å². The summed E-state index contributed by atoms with van der Waals surface area (Å²) < 4.78 is 0. The molecular weight excluding hydrogens is 396 g/mol. The van der Waals surface area contributed by atoms with Crippen LogP contribution in [-0.2, 0) is 6.42 Å². The van der Waals surface area contributed by atoms with Crippen LogP contribution in [0.4, 0.5) is 0 Å². The molecule has 3 aromatic rings. The van der Waals surface area contributed by atoms with Crippen molar-refractivity contribution in [1.29, 1.82) is 0 Å². The lowest BCUT2D eigenvalue weighted by atomic mass is 9.89. The van der Waals surface area contributed by atoms with E-state index in [1.54, 1.807) is 0 Å². The SMILES string of the molecule is C=CC(C)=C=C(/C=C/c1ccccc1)c1cc(-c2ccc(CCCC)c(C)c2C)ccc1C. The molecule has 0 saturated carbocycles. The largest absolute Gasteiger partial charge is 0.109 e. The van der Waals surface area contributed by atoms with Crippen molar-refractivity contribution in [3.05, 3.63) is 124 Å². The molecule has 33 heavy (non-hydrogen) atoms. The van der Waals surface area contributed by atoms with Crippen LogP contribution in [0.1, 0.15) is 60.1 Å². The Hall–Kier alpha value is -3.34. The number of allylic oxidation sites excluding steroid dienone is 3. The standard InChI is InChI=1S/C33H36/c1-7-9-15-29-20-21-32(27(6)26(29)5)31-18-16-25(4)33(23-31)30(22-24(3)8-2)19-17-28-13-11-10-12-14-28/h8,10-14,16-21,23H,2,7,9,15H2,1,3-6H3/b19-17+. The molecule has 0 N–H and O–H groups in total. The Morgan fingerprint density at radius 3 is 2.39 bits per heavy atom. The first-order valence-electron chi connectivity index (χ1n) is 12.0. The Balaban J connectivity index is 2.10. The van der Waals surface area contributed by atoms with Gasteiger partial charge in [0.2, 0.25) is 0 Å². The lowest BCUT2D eigenvalue weighted by Gasteiger charge is -2.15. The van der Waals surface area contributed by atoms with Crippen molar-refractivity contribution in [2.24, 2.45) is 0 Å². The second-order valence-electron chi connectivity index (χ2n) is 8.83. The van der Waals surface area contributed by atoms with Gasteiger partial charge in [-0.15, -0.1) is 5.73 Å². The lowest BCUT2D eigenvalue weighted by Crippen LogP contribution is -1.96. The molecule has 168 valence electrons. The van der Waals surface area contributed by atoms with Gasteiger partial charge in [-0.25, -0.2) is 0 Å². The van der Waals surface area contributed by atoms with Crippen LogP contribution in [0.25, 0.3) is 22.8 Å². The van der Waals surface area contributed by atoms with Crippen LogP contribution in [-0.4, -0.2) is 0 Å². The topological polar surface area (TPSA) is 0 Å². The highest BCUT2D eigenvalue weighted by Gasteiger charge is 2.11. The molecule has 0 bridgehead atoms. The Bertz CT molecular complexity index is 1210. The summed E-state index contributed by atoms with van der Waals surface area (Å²) in [6, 6.07) is 21.8. The van der Waals surface area contributed by atoms with Crippen molar-refractivity contribution in [1.82, 2.24) is 0 Å². The first kappa shape index (κ1) is 24.3. The zero-order chi connectivity index (χ0) is 23.8. The minimum atomic E-state index is 1.03. The molecule has 0 aliphatic carbocycles. The van der Waals surface area contributed by atoms with Crippen molar-refractivity contribution in [3.8, 4) is 11.1 Å². The summed E-state index contributed by atoms with van der Waals surface area (Å²) in [6.45, 7) is 14.9. The van der Waals surface area contributed by atoms with Gasteiger partial charge in [0, 0.05) is 5.57 Å². The summed E-state index contributed by atoms with van der Waals surface area (Å²) in [5.74, 6) is 0. The van der Waals surface area contributed by atoms with E-state index in [0.29, 0.717) is 0 Å². The fraction of sp³-hybridized carbons (Fsp3) is 0.242. The molecule has 0 aromatic heterocycles. The van der Waals surface area contributed by atoms with Crippen molar-refractivity contribution in [2.45, 2.75) is 53.9 Å². The van der Waals surface area contributed by atoms with E-state index in [0.717, 1.165) is 17.6 Å². The predicted octanol–water partition coefficient (Wildman–Crippen LogP) is 9.45. The van der Waals surface area contributed by atoms with Crippen LogP contribution >= 0.6 is 0 Å². The molecule has 0 aliphatic heterocycles. The monoisotopic (exact) mass is 432 g/mol. The van der Waals surface area contributed by atoms with E-state index in [2.05, 4.69) is 107 Å². The van der Waals surface area contributed by atoms with Crippen LogP contribution in [0.5, 0.6) is 0 Å². The molecule has 0 saturated heterocycles. The quantitative estimate of drug-likeness (QED) is 0.245. The third-order valence-electron chi connectivity index (χ3n) is 6.42. The van der Waals surface area contributed by atoms with E-state index in [1.165, 1.54) is 57.3 Å². The highest BCUT2D eigenvalue weighted by Crippen LogP contribution is 2.32. The van der Waals surface area contributed by atoms with E-state index in [-0.39, 0.29) is 0 Å². The second kappa shape index (κ2) is 11.5. The second-order valence-corrected chi connectivity index (χ2v) is 8.83. The van der Waals surface area contributed by atoms with E-state index in [9.17, 15) is 0 Å². The van der Waals surface area contributed by atoms with Gasteiger partial charge in [0.15, 0.2) is 0 Å². The fourth-order valence-electron chi connectivity index (χ4n) is 4.11. The average molecular weight is 433 g/mol. The number of aryl methyl sites for hydroxylation is 2. The van der Waals surface area contributed by atoms with E-state index < -0.39 is 0 Å². The molecule has 0 aliphatic rings. The zero-order valence-electron chi connectivity index (χ0n) is 20.8. The molecule has 0 fully saturated rings. The smallest absolute Gasteiger partial charge is 0.0242 e. The zero-order valence-corrected chi connectivity index (χ0v) is 20.8. The molecule has 0 heteroatoms. The molecule has 0 amide bonds. The summed E-state index contributed by atoms with van der Waals surface area (Å²) in [5.41, 5.74) is 16.1. The molecule has 0 nitrogen and oxygen atoms in total. The Morgan fingerprint density at radius 1 is 0.939 bits per heavy atom. The maximum atomic E-state index is 3.93. The van der Waals surface area contributed by atoms with Crippen LogP contribution in [0.3, 0.4) is 0 Å². The summed E-state index contributed by atoms with van der Waals surface area (Å²) in [5, 5.41) is 0. The number of hydrogen-bond acceptors (Lipinski definition) is 0. The van der Waals surface area contributed by atoms with Gasteiger partial charge >= 0.3 is 0 Å². The number of unbranched alkanes of at least 4 members (excludes halogenated alkanes) is 1. The number of rotatable bonds is 8. The van der Waals surface area contributed by atoms with Gasteiger partial charge in [-0.05, 0) is 103 Å². The van der Waals surface area contributed by atoms with Gasteiger partial charge in [-0.3, -0.25) is 0 Å². The van der Waals surface area contributed by atoms with E-state index in [4.69, 9.17) is 0 Å². The van der Waals surface area contributed by atoms with Gasteiger partial charge in [0.05, 0.1) is 0 Å². The number of benzene rings is 3. The fourth-order valence-corrected chi connectivity index (χ4v) is 4.11. The van der Waals surface area contributed by atoms with Crippen molar-refractivity contribution >= 4 is 11.6 Å². The minimum Gasteiger partial charge on any atom is -0.109 e. The summed E-state index contributed by atoms with van der Waals surface area (Å²) in [7, 11) is 0. The van der Waals surface area contributed by atoms with Gasteiger partial charge in [-0.1, -0.05) is 86.7 Å². The van der Waals surface area contributed by atoms with E-state index >= 15 is 0 Å². The summed E-state index contributed by atoms with van der Waals surface area (Å²) in [6.07, 6.45) is 9.81. The summed E-state index contributed by atoms with van der Waals surface area (Å²) >= 11 is 0. The van der Waals surface area contributed by atoms with Gasteiger partial charge in [-0.2, -0.15) is 0 Å². The maximum absolute atomic E-state index is 3.93. The molecule has 0 radical (unpaired) electrons. The van der Waals surface area contributed by atoms with Gasteiger partial charge in [0.1, 0.15) is 0 Å². The predicted molar refractivity (Wildman–Crippen MR) is 146 cm³/mol. The first-order chi connectivity index (χ1) is 15.9. The third kappa shape index (κ3) is 6.13. The average Bonchev–Trinajstić information content (AvgIpc) is 2.84. The Labute approximate surface area is 200 Å². The van der Waals surface area contributed by atoms with Crippen molar-refractivity contribution in [3.63, 3.8) is 0 Å². The maximum Gasteiger partial charge on any atom is 0.0242 e. The molecule has 0 spiro atoms. The number of hydrogen-bond donors (Lipinski definition) is 0. The van der Waals surface area contributed by atoms with Gasteiger partial charge < -0.3 is 0 Å². The highest BCUT2D eigenvalue weighted by molar-refractivity contribution is 5.83. The van der Waals surface area contributed by atoms with Crippen LogP contribution in [0.2, 0.25) is 0 Å². The van der Waals surface area contributed by atoms with Crippen LogP contribution in [0.15, 0.2) is 90.7 Å². The molecule has 0 atom stereocenters. The van der Waals surface area contributed by atoms with Crippen molar-refractivity contribution in [2.75, 3.05) is 0 Å². The first-order valence-corrected chi connectivity index (χ1v) is 12.0. The third-order valence-corrected chi connectivity index (χ3v) is 6.42. The molecule has 0 heterocycles. The summed E-state index contributed by atoms with van der Waals surface area (Å²) in [4.78, 5) is 0. The molecule has 3 aromatic carbocycles. The van der Waals surface area contributed by atoms with E-state index in [1.807, 2.05) is 19.1 Å². The Morgan fingerprint density at radius 2 is 1.70 bits per heavy atom. The molecular formula is C33H36. The molecule has 3 rings (SSSR count). The lowest BCUT2D eigenvalue weighted by molar-refractivity contribution is 0.790. The highest BCUT2D eigenvalue weighted by atomic mass is 14.2. The van der Waals surface area contributed by atoms with Crippen LogP contribution < -0.4 is 0 Å². The van der Waals surface area contributed by atoms with Crippen molar-refractivity contribution < 1.29 is 0 Å². The van der Waals surface area contributed by atoms with Gasteiger partial charge in [0.25, 0.3) is 0 Å². The minimum absolute atomic E-state index is 1.03. The normalized spacial score (nSPS) is 10.8.